The van der Waals surface area contributed by atoms with Gasteiger partial charge in [0, 0.05) is 42.7 Å². The van der Waals surface area contributed by atoms with Gasteiger partial charge in [0.05, 0.1) is 12.3 Å². The lowest BCUT2D eigenvalue weighted by atomic mass is 9.98. The number of hydrogen-bond donors (Lipinski definition) is 0. The van der Waals surface area contributed by atoms with E-state index in [1.54, 1.807) is 14.0 Å². The van der Waals surface area contributed by atoms with Gasteiger partial charge in [-0.05, 0) is 62.2 Å². The Morgan fingerprint density at radius 1 is 1.03 bits per heavy atom. The van der Waals surface area contributed by atoms with Crippen LogP contribution in [0.15, 0.2) is 75.6 Å². The van der Waals surface area contributed by atoms with Crippen LogP contribution in [0.4, 0.5) is 11.4 Å². The van der Waals surface area contributed by atoms with Crippen molar-refractivity contribution in [2.45, 2.75) is 27.7 Å². The molecule has 0 N–H and O–H groups in total. The zero-order valence-corrected chi connectivity index (χ0v) is 21.9. The molecule has 1 aromatic heterocycles. The number of anilines is 1. The smallest absolute Gasteiger partial charge is 0.277 e. The number of fused-ring (bicyclic) bond motifs is 2. The van der Waals surface area contributed by atoms with Crippen LogP contribution in [0.2, 0.25) is 0 Å². The molecule has 0 aliphatic carbocycles. The molecule has 0 amide bonds. The van der Waals surface area contributed by atoms with E-state index in [9.17, 15) is 4.79 Å². The summed E-state index contributed by atoms with van der Waals surface area (Å²) in [4.78, 5) is 25.3. The van der Waals surface area contributed by atoms with E-state index in [1.165, 1.54) is 4.68 Å². The quantitative estimate of drug-likeness (QED) is 0.356. The van der Waals surface area contributed by atoms with Crippen molar-refractivity contribution in [1.29, 1.82) is 0 Å². The molecule has 0 unspecified atom stereocenters. The molecule has 3 aromatic carbocycles. The molecule has 0 fully saturated rings. The molecule has 1 aliphatic heterocycles. The maximum atomic E-state index is 13.2. The highest BCUT2D eigenvalue weighted by Gasteiger charge is 2.29. The highest BCUT2D eigenvalue weighted by atomic mass is 16.5. The van der Waals surface area contributed by atoms with E-state index in [4.69, 9.17) is 19.8 Å². The minimum atomic E-state index is -0.172. The van der Waals surface area contributed by atoms with Crippen LogP contribution < -0.4 is 10.5 Å². The number of likely N-dealkylation sites (N-methyl/N-ethyl adjacent to an activating group) is 1. The lowest BCUT2D eigenvalue weighted by molar-refractivity contribution is 0.205. The average molecular weight is 494 g/mol. The number of aryl methyl sites for hydroxylation is 2. The van der Waals surface area contributed by atoms with Crippen molar-refractivity contribution in [3.8, 4) is 0 Å². The topological polar surface area (TPSA) is 72.1 Å². The molecule has 188 valence electrons. The summed E-state index contributed by atoms with van der Waals surface area (Å²) in [6, 6.07) is 20.5. The number of aliphatic imine (C=N–C) groups is 1. The van der Waals surface area contributed by atoms with Crippen LogP contribution in [0.1, 0.15) is 35.1 Å². The maximum Gasteiger partial charge on any atom is 0.277 e. The SMILES string of the molecule is CCN(CCOC)c1ccc(N=C2C(c3cccc4ccccc34)=Nn3c2nc(C)c(C)c3=O)c(C)c1. The van der Waals surface area contributed by atoms with Crippen molar-refractivity contribution in [1.82, 2.24) is 9.66 Å². The zero-order valence-electron chi connectivity index (χ0n) is 21.9. The molecule has 0 atom stereocenters. The van der Waals surface area contributed by atoms with Crippen LogP contribution >= 0.6 is 0 Å². The lowest BCUT2D eigenvalue weighted by Crippen LogP contribution is -2.26. The average Bonchev–Trinajstić information content (AvgIpc) is 3.26. The van der Waals surface area contributed by atoms with Gasteiger partial charge in [0.15, 0.2) is 5.82 Å². The van der Waals surface area contributed by atoms with Gasteiger partial charge >= 0.3 is 0 Å². The van der Waals surface area contributed by atoms with E-state index in [2.05, 4.69) is 49.1 Å². The van der Waals surface area contributed by atoms with Crippen LogP contribution in [0, 0.1) is 20.8 Å². The molecule has 7 nitrogen and oxygen atoms in total. The van der Waals surface area contributed by atoms with Crippen molar-refractivity contribution in [2.24, 2.45) is 10.1 Å². The second-order valence-corrected chi connectivity index (χ2v) is 9.24. The third kappa shape index (κ3) is 4.47. The van der Waals surface area contributed by atoms with Gasteiger partial charge in [-0.1, -0.05) is 42.5 Å². The lowest BCUT2D eigenvalue weighted by Gasteiger charge is -2.23. The number of hydrogen-bond acceptors (Lipinski definition) is 6. The van der Waals surface area contributed by atoms with Crippen LogP contribution in [0.3, 0.4) is 0 Å². The number of ether oxygens (including phenoxy) is 1. The molecular weight excluding hydrogens is 462 g/mol. The van der Waals surface area contributed by atoms with E-state index in [1.807, 2.05) is 37.3 Å². The van der Waals surface area contributed by atoms with E-state index < -0.39 is 0 Å². The van der Waals surface area contributed by atoms with Gasteiger partial charge in [-0.15, -0.1) is 0 Å². The molecule has 0 bridgehead atoms. The Kier molecular flexibility index (Phi) is 6.72. The van der Waals surface area contributed by atoms with Crippen LogP contribution in [0.25, 0.3) is 10.8 Å². The Labute approximate surface area is 216 Å². The summed E-state index contributed by atoms with van der Waals surface area (Å²) in [5, 5.41) is 6.93. The van der Waals surface area contributed by atoms with E-state index >= 15 is 0 Å². The zero-order chi connectivity index (χ0) is 26.1. The molecule has 0 saturated heterocycles. The van der Waals surface area contributed by atoms with E-state index in [-0.39, 0.29) is 5.56 Å². The summed E-state index contributed by atoms with van der Waals surface area (Å²) in [7, 11) is 1.72. The molecule has 0 spiro atoms. The summed E-state index contributed by atoms with van der Waals surface area (Å²) in [6.45, 7) is 10.2. The Balaban J connectivity index is 1.68. The molecule has 4 aromatic rings. The first kappa shape index (κ1) is 24.6. The minimum absolute atomic E-state index is 0.172. The summed E-state index contributed by atoms with van der Waals surface area (Å²) in [5.41, 5.74) is 6.22. The van der Waals surface area contributed by atoms with Gasteiger partial charge in [0.25, 0.3) is 5.56 Å². The van der Waals surface area contributed by atoms with Crippen molar-refractivity contribution in [2.75, 3.05) is 31.7 Å². The second kappa shape index (κ2) is 10.1. The molecule has 0 saturated carbocycles. The van der Waals surface area contributed by atoms with Crippen molar-refractivity contribution in [3.63, 3.8) is 0 Å². The Bertz CT molecular complexity index is 1610. The molecule has 7 heteroatoms. The van der Waals surface area contributed by atoms with Crippen LogP contribution in [-0.4, -0.2) is 47.9 Å². The number of benzene rings is 3. The minimum Gasteiger partial charge on any atom is -0.383 e. The van der Waals surface area contributed by atoms with Gasteiger partial charge in [0.1, 0.15) is 11.4 Å². The first-order valence-corrected chi connectivity index (χ1v) is 12.5. The third-order valence-corrected chi connectivity index (χ3v) is 6.94. The summed E-state index contributed by atoms with van der Waals surface area (Å²) in [6.07, 6.45) is 0. The fourth-order valence-corrected chi connectivity index (χ4v) is 4.67. The number of methoxy groups -OCH3 is 1. The second-order valence-electron chi connectivity index (χ2n) is 9.24. The predicted molar refractivity (Wildman–Crippen MR) is 151 cm³/mol. The highest BCUT2D eigenvalue weighted by molar-refractivity contribution is 6.55. The first-order chi connectivity index (χ1) is 17.9. The summed E-state index contributed by atoms with van der Waals surface area (Å²) < 4.78 is 6.67. The fourth-order valence-electron chi connectivity index (χ4n) is 4.67. The Morgan fingerprint density at radius 2 is 1.81 bits per heavy atom. The van der Waals surface area contributed by atoms with Crippen LogP contribution in [0.5, 0.6) is 0 Å². The molecule has 37 heavy (non-hydrogen) atoms. The maximum absolute atomic E-state index is 13.2. The van der Waals surface area contributed by atoms with Crippen molar-refractivity contribution >= 4 is 33.6 Å². The van der Waals surface area contributed by atoms with Crippen molar-refractivity contribution < 1.29 is 4.74 Å². The molecular formula is C30H31N5O2. The van der Waals surface area contributed by atoms with Gasteiger partial charge in [-0.25, -0.2) is 9.98 Å². The molecule has 1 aliphatic rings. The largest absolute Gasteiger partial charge is 0.383 e. The standard InChI is InChI=1S/C30H31N5O2/c1-6-34(16-17-37-5)23-14-15-26(19(2)18-23)32-28-27(25-13-9-11-22-10-7-8-12-24(22)25)33-35-29(28)31-21(4)20(3)30(35)36/h7-15,18H,6,16-17H2,1-5H3. The van der Waals surface area contributed by atoms with Gasteiger partial charge < -0.3 is 9.64 Å². The summed E-state index contributed by atoms with van der Waals surface area (Å²) in [5.74, 6) is 0.467. The highest BCUT2D eigenvalue weighted by Crippen LogP contribution is 2.29. The van der Waals surface area contributed by atoms with E-state index in [0.717, 1.165) is 46.4 Å². The molecule has 5 rings (SSSR count). The molecule has 2 heterocycles. The normalized spacial score (nSPS) is 13.8. The molecule has 0 radical (unpaired) electrons. The fraction of sp³-hybridized carbons (Fsp3) is 0.267. The van der Waals surface area contributed by atoms with Gasteiger partial charge in [-0.2, -0.15) is 9.78 Å². The Morgan fingerprint density at radius 3 is 2.57 bits per heavy atom. The monoisotopic (exact) mass is 493 g/mol. The van der Waals surface area contributed by atoms with E-state index in [0.29, 0.717) is 35.1 Å². The third-order valence-electron chi connectivity index (χ3n) is 6.94. The number of aromatic nitrogens is 2. The van der Waals surface area contributed by atoms with Crippen LogP contribution in [-0.2, 0) is 4.74 Å². The number of rotatable bonds is 7. The predicted octanol–water partition coefficient (Wildman–Crippen LogP) is 5.18. The van der Waals surface area contributed by atoms with Crippen molar-refractivity contribution in [3.05, 3.63) is 99.2 Å². The first-order valence-electron chi connectivity index (χ1n) is 12.5. The van der Waals surface area contributed by atoms with Gasteiger partial charge in [0.2, 0.25) is 0 Å². The summed E-state index contributed by atoms with van der Waals surface area (Å²) >= 11 is 0. The van der Waals surface area contributed by atoms with Gasteiger partial charge in [-0.3, -0.25) is 4.79 Å². The number of nitrogens with zero attached hydrogens (tertiary/aromatic N) is 5. The Hall–Kier alpha value is -4.10.